The molecule has 1 N–H and O–H groups in total. The maximum Gasteiger partial charge on any atom is 0.258 e. The van der Waals surface area contributed by atoms with Crippen molar-refractivity contribution in [2.75, 3.05) is 11.4 Å². The molecule has 0 saturated carbocycles. The summed E-state index contributed by atoms with van der Waals surface area (Å²) in [4.78, 5) is 27.1. The molecule has 146 valence electrons. The van der Waals surface area contributed by atoms with Gasteiger partial charge in [-0.2, -0.15) is 0 Å². The molecule has 4 nitrogen and oxygen atoms in total. The molecule has 2 amide bonds. The summed E-state index contributed by atoms with van der Waals surface area (Å²) >= 11 is 9.29. The number of fused-ring (bicyclic) bond motifs is 1. The maximum absolute atomic E-state index is 12.9. The number of carbonyl (C=O) groups is 2. The topological polar surface area (TPSA) is 49.4 Å². The van der Waals surface area contributed by atoms with Crippen molar-refractivity contribution in [1.29, 1.82) is 0 Å². The lowest BCUT2D eigenvalue weighted by Gasteiger charge is -2.18. The van der Waals surface area contributed by atoms with Crippen LogP contribution in [0.3, 0.4) is 0 Å². The Labute approximate surface area is 182 Å². The van der Waals surface area contributed by atoms with Crippen LogP contribution in [0.2, 0.25) is 5.02 Å². The van der Waals surface area contributed by atoms with Crippen molar-refractivity contribution in [3.8, 4) is 0 Å². The van der Waals surface area contributed by atoms with Crippen molar-refractivity contribution < 1.29 is 9.59 Å². The molecule has 3 aromatic carbocycles. The average molecular weight is 470 g/mol. The van der Waals surface area contributed by atoms with E-state index in [9.17, 15) is 9.59 Å². The molecular formula is C23H18BrClN2O2. The standard InChI is InChI=1S/C23H18BrClN2O2/c24-19-7-3-17(4-8-19)22(28)26-14-15-1-2-16-11-12-27(21(16)13-15)23(29)18-5-9-20(25)10-6-18/h1-10,13H,11-12,14H2,(H,26,28). The lowest BCUT2D eigenvalue weighted by atomic mass is 10.1. The highest BCUT2D eigenvalue weighted by Crippen LogP contribution is 2.30. The molecule has 1 aliphatic heterocycles. The maximum atomic E-state index is 12.9. The molecule has 0 fully saturated rings. The van der Waals surface area contributed by atoms with E-state index in [1.807, 2.05) is 30.3 Å². The molecular weight excluding hydrogens is 452 g/mol. The molecule has 3 aromatic rings. The number of carbonyl (C=O) groups excluding carboxylic acids is 2. The van der Waals surface area contributed by atoms with Gasteiger partial charge in [0, 0.05) is 39.4 Å². The van der Waals surface area contributed by atoms with Gasteiger partial charge in [0.05, 0.1) is 0 Å². The minimum Gasteiger partial charge on any atom is -0.348 e. The van der Waals surface area contributed by atoms with Gasteiger partial charge in [-0.1, -0.05) is 39.7 Å². The number of benzene rings is 3. The quantitative estimate of drug-likeness (QED) is 0.568. The molecule has 0 unspecified atom stereocenters. The summed E-state index contributed by atoms with van der Waals surface area (Å²) in [6.45, 7) is 1.04. The SMILES string of the molecule is O=C(NCc1ccc2c(c1)N(C(=O)c1ccc(Cl)cc1)CC2)c1ccc(Br)cc1. The van der Waals surface area contributed by atoms with Gasteiger partial charge < -0.3 is 10.2 Å². The first-order chi connectivity index (χ1) is 14.0. The van der Waals surface area contributed by atoms with E-state index in [1.54, 1.807) is 41.3 Å². The summed E-state index contributed by atoms with van der Waals surface area (Å²) in [7, 11) is 0. The summed E-state index contributed by atoms with van der Waals surface area (Å²) in [5.74, 6) is -0.177. The predicted octanol–water partition coefficient (Wildman–Crippen LogP) is 5.24. The minimum atomic E-state index is -0.132. The third kappa shape index (κ3) is 4.36. The van der Waals surface area contributed by atoms with Crippen molar-refractivity contribution in [3.63, 3.8) is 0 Å². The molecule has 29 heavy (non-hydrogen) atoms. The number of halogens is 2. The van der Waals surface area contributed by atoms with Crippen LogP contribution in [0.5, 0.6) is 0 Å². The Bertz CT molecular complexity index is 1070. The smallest absolute Gasteiger partial charge is 0.258 e. The highest BCUT2D eigenvalue weighted by Gasteiger charge is 2.25. The van der Waals surface area contributed by atoms with Gasteiger partial charge in [-0.15, -0.1) is 0 Å². The van der Waals surface area contributed by atoms with Crippen molar-refractivity contribution in [2.24, 2.45) is 0 Å². The number of anilines is 1. The molecule has 6 heteroatoms. The van der Waals surface area contributed by atoms with Crippen LogP contribution in [0.15, 0.2) is 71.2 Å². The molecule has 0 bridgehead atoms. The number of nitrogens with zero attached hydrogens (tertiary/aromatic N) is 1. The molecule has 0 atom stereocenters. The normalized spacial score (nSPS) is 12.6. The molecule has 0 saturated heterocycles. The highest BCUT2D eigenvalue weighted by molar-refractivity contribution is 9.10. The van der Waals surface area contributed by atoms with Crippen molar-refractivity contribution in [3.05, 3.63) is 98.5 Å². The van der Waals surface area contributed by atoms with Gasteiger partial charge in [0.1, 0.15) is 0 Å². The molecule has 0 spiro atoms. The monoisotopic (exact) mass is 468 g/mol. The molecule has 1 aliphatic rings. The van der Waals surface area contributed by atoms with E-state index in [-0.39, 0.29) is 11.8 Å². The molecule has 4 rings (SSSR count). The molecule has 0 radical (unpaired) electrons. The van der Waals surface area contributed by atoms with Gasteiger partial charge in [0.15, 0.2) is 0 Å². The zero-order valence-corrected chi connectivity index (χ0v) is 17.8. The summed E-state index contributed by atoms with van der Waals surface area (Å²) in [6, 6.07) is 20.2. The van der Waals surface area contributed by atoms with Crippen LogP contribution < -0.4 is 10.2 Å². The summed E-state index contributed by atoms with van der Waals surface area (Å²) in [5.41, 5.74) is 4.20. The van der Waals surface area contributed by atoms with Crippen LogP contribution in [0.1, 0.15) is 31.8 Å². The fourth-order valence-corrected chi connectivity index (χ4v) is 3.77. The van der Waals surface area contributed by atoms with Gasteiger partial charge in [0.2, 0.25) is 0 Å². The van der Waals surface area contributed by atoms with Gasteiger partial charge in [-0.05, 0) is 72.1 Å². The van der Waals surface area contributed by atoms with Crippen LogP contribution in [-0.4, -0.2) is 18.4 Å². The van der Waals surface area contributed by atoms with E-state index in [4.69, 9.17) is 11.6 Å². The van der Waals surface area contributed by atoms with E-state index < -0.39 is 0 Å². The zero-order valence-electron chi connectivity index (χ0n) is 15.5. The van der Waals surface area contributed by atoms with E-state index in [0.717, 1.165) is 27.7 Å². The number of rotatable bonds is 4. The summed E-state index contributed by atoms with van der Waals surface area (Å²) in [5, 5.41) is 3.54. The molecule has 0 aliphatic carbocycles. The lowest BCUT2D eigenvalue weighted by Crippen LogP contribution is -2.29. The van der Waals surface area contributed by atoms with Crippen LogP contribution >= 0.6 is 27.5 Å². The van der Waals surface area contributed by atoms with E-state index >= 15 is 0 Å². The van der Waals surface area contributed by atoms with Crippen LogP contribution in [0.25, 0.3) is 0 Å². The highest BCUT2D eigenvalue weighted by atomic mass is 79.9. The third-order valence-corrected chi connectivity index (χ3v) is 5.72. The Morgan fingerprint density at radius 3 is 2.38 bits per heavy atom. The van der Waals surface area contributed by atoms with Gasteiger partial charge >= 0.3 is 0 Å². The zero-order chi connectivity index (χ0) is 20.4. The molecule has 1 heterocycles. The Morgan fingerprint density at radius 2 is 1.66 bits per heavy atom. The lowest BCUT2D eigenvalue weighted by molar-refractivity contribution is 0.0949. The van der Waals surface area contributed by atoms with Crippen molar-refractivity contribution in [2.45, 2.75) is 13.0 Å². The first-order valence-electron chi connectivity index (χ1n) is 9.24. The first-order valence-corrected chi connectivity index (χ1v) is 10.4. The van der Waals surface area contributed by atoms with Crippen molar-refractivity contribution >= 4 is 45.0 Å². The van der Waals surface area contributed by atoms with Crippen molar-refractivity contribution in [1.82, 2.24) is 5.32 Å². The number of amides is 2. The second-order valence-electron chi connectivity index (χ2n) is 6.87. The third-order valence-electron chi connectivity index (χ3n) is 4.94. The van der Waals surface area contributed by atoms with Crippen LogP contribution in [0.4, 0.5) is 5.69 Å². The van der Waals surface area contributed by atoms with E-state index in [0.29, 0.717) is 29.2 Å². The predicted molar refractivity (Wildman–Crippen MR) is 119 cm³/mol. The Kier molecular flexibility index (Phi) is 5.69. The summed E-state index contributed by atoms with van der Waals surface area (Å²) in [6.07, 6.45) is 0.820. The average Bonchev–Trinajstić information content (AvgIpc) is 3.16. The van der Waals surface area contributed by atoms with Crippen LogP contribution in [-0.2, 0) is 13.0 Å². The largest absolute Gasteiger partial charge is 0.348 e. The fourth-order valence-electron chi connectivity index (χ4n) is 3.38. The fraction of sp³-hybridized carbons (Fsp3) is 0.130. The second-order valence-corrected chi connectivity index (χ2v) is 8.22. The van der Waals surface area contributed by atoms with E-state index in [2.05, 4.69) is 21.2 Å². The van der Waals surface area contributed by atoms with Gasteiger partial charge in [0.25, 0.3) is 11.8 Å². The van der Waals surface area contributed by atoms with Crippen LogP contribution in [0, 0.1) is 0 Å². The number of hydrogen-bond donors (Lipinski definition) is 1. The first kappa shape index (κ1) is 19.7. The molecule has 0 aromatic heterocycles. The number of nitrogens with one attached hydrogen (secondary N) is 1. The Hall–Kier alpha value is -2.63. The van der Waals surface area contributed by atoms with E-state index in [1.165, 1.54) is 0 Å². The summed E-state index contributed by atoms with van der Waals surface area (Å²) < 4.78 is 0.929. The van der Waals surface area contributed by atoms with Gasteiger partial charge in [-0.25, -0.2) is 0 Å². The minimum absolute atomic E-state index is 0.0449. The second kappa shape index (κ2) is 8.39. The Morgan fingerprint density at radius 1 is 0.966 bits per heavy atom. The number of hydrogen-bond acceptors (Lipinski definition) is 2. The Balaban J connectivity index is 1.48. The van der Waals surface area contributed by atoms with Gasteiger partial charge in [-0.3, -0.25) is 9.59 Å².